The summed E-state index contributed by atoms with van der Waals surface area (Å²) in [6, 6.07) is 9.03. The second-order valence-electron chi connectivity index (χ2n) is 4.56. The molecule has 0 saturated carbocycles. The Labute approximate surface area is 117 Å². The zero-order chi connectivity index (χ0) is 14.5. The average molecular weight is 271 g/mol. The van der Waals surface area contributed by atoms with E-state index in [1.807, 2.05) is 31.2 Å². The number of hydrogen-bond acceptors (Lipinski definition) is 3. The summed E-state index contributed by atoms with van der Waals surface area (Å²) in [6.45, 7) is 3.73. The number of aromatic nitrogens is 2. The second kappa shape index (κ2) is 6.14. The van der Waals surface area contributed by atoms with Gasteiger partial charge in [-0.05, 0) is 25.0 Å². The molecule has 2 aromatic rings. The molecule has 104 valence electrons. The van der Waals surface area contributed by atoms with Gasteiger partial charge in [-0.25, -0.2) is 4.98 Å². The standard InChI is InChI=1S/C15H17N3O2/c1-3-12-6-4-5-7-13(12)17-14(19)9-18-10-16-11(2)8-15(18)20/h4-8,10H,3,9H2,1-2H3,(H,17,19). The number of carbonyl (C=O) groups is 1. The minimum absolute atomic E-state index is 0.0375. The van der Waals surface area contributed by atoms with Gasteiger partial charge >= 0.3 is 0 Å². The molecule has 0 saturated heterocycles. The number of nitrogens with zero attached hydrogens (tertiary/aromatic N) is 2. The van der Waals surface area contributed by atoms with Crippen molar-refractivity contribution in [3.8, 4) is 0 Å². The Kier molecular flexibility index (Phi) is 4.30. The molecular weight excluding hydrogens is 254 g/mol. The van der Waals surface area contributed by atoms with Crippen molar-refractivity contribution >= 4 is 11.6 Å². The van der Waals surface area contributed by atoms with E-state index in [9.17, 15) is 9.59 Å². The lowest BCUT2D eigenvalue weighted by atomic mass is 10.1. The second-order valence-corrected chi connectivity index (χ2v) is 4.56. The number of carbonyl (C=O) groups excluding carboxylic acids is 1. The third-order valence-electron chi connectivity index (χ3n) is 3.00. The molecule has 1 heterocycles. The maximum absolute atomic E-state index is 12.0. The quantitative estimate of drug-likeness (QED) is 0.921. The van der Waals surface area contributed by atoms with Crippen LogP contribution in [-0.2, 0) is 17.8 Å². The first kappa shape index (κ1) is 14.0. The fraction of sp³-hybridized carbons (Fsp3) is 0.267. The van der Waals surface area contributed by atoms with Gasteiger partial charge in [0.15, 0.2) is 0 Å². The van der Waals surface area contributed by atoms with E-state index >= 15 is 0 Å². The van der Waals surface area contributed by atoms with Crippen molar-refractivity contribution in [1.82, 2.24) is 9.55 Å². The SMILES string of the molecule is CCc1ccccc1NC(=O)Cn1cnc(C)cc1=O. The summed E-state index contributed by atoms with van der Waals surface area (Å²) in [5.41, 5.74) is 2.27. The van der Waals surface area contributed by atoms with E-state index < -0.39 is 0 Å². The summed E-state index contributed by atoms with van der Waals surface area (Å²) in [5, 5.41) is 2.83. The average Bonchev–Trinajstić information content (AvgIpc) is 2.42. The van der Waals surface area contributed by atoms with Crippen LogP contribution in [0.1, 0.15) is 18.2 Å². The van der Waals surface area contributed by atoms with Gasteiger partial charge in [0.25, 0.3) is 5.56 Å². The predicted molar refractivity (Wildman–Crippen MR) is 77.7 cm³/mol. The highest BCUT2D eigenvalue weighted by molar-refractivity contribution is 5.91. The van der Waals surface area contributed by atoms with Gasteiger partial charge in [-0.2, -0.15) is 0 Å². The van der Waals surface area contributed by atoms with Crippen LogP contribution in [0.5, 0.6) is 0 Å². The lowest BCUT2D eigenvalue weighted by Crippen LogP contribution is -2.27. The van der Waals surface area contributed by atoms with Crippen molar-refractivity contribution < 1.29 is 4.79 Å². The molecular formula is C15H17N3O2. The first-order valence-corrected chi connectivity index (χ1v) is 6.51. The van der Waals surface area contributed by atoms with Crippen molar-refractivity contribution in [1.29, 1.82) is 0 Å². The van der Waals surface area contributed by atoms with Gasteiger partial charge in [0, 0.05) is 17.4 Å². The molecule has 2 rings (SSSR count). The Morgan fingerprint density at radius 3 is 2.80 bits per heavy atom. The van der Waals surface area contributed by atoms with Gasteiger partial charge in [0.2, 0.25) is 5.91 Å². The molecule has 0 atom stereocenters. The normalized spacial score (nSPS) is 10.3. The topological polar surface area (TPSA) is 64.0 Å². The summed E-state index contributed by atoms with van der Waals surface area (Å²) in [4.78, 5) is 27.7. The molecule has 0 aliphatic rings. The van der Waals surface area contributed by atoms with Crippen molar-refractivity contribution in [2.75, 3.05) is 5.32 Å². The third-order valence-corrected chi connectivity index (χ3v) is 3.00. The van der Waals surface area contributed by atoms with Gasteiger partial charge in [-0.1, -0.05) is 25.1 Å². The molecule has 0 unspecified atom stereocenters. The van der Waals surface area contributed by atoms with Gasteiger partial charge in [0.1, 0.15) is 6.54 Å². The lowest BCUT2D eigenvalue weighted by molar-refractivity contribution is -0.116. The zero-order valence-electron chi connectivity index (χ0n) is 11.6. The van der Waals surface area contributed by atoms with Crippen LogP contribution in [0.3, 0.4) is 0 Å². The molecule has 1 aromatic heterocycles. The molecule has 0 aliphatic carbocycles. The minimum atomic E-state index is -0.237. The maximum atomic E-state index is 12.0. The van der Waals surface area contributed by atoms with Crippen LogP contribution in [-0.4, -0.2) is 15.5 Å². The summed E-state index contributed by atoms with van der Waals surface area (Å²) in [5.74, 6) is -0.237. The molecule has 1 aromatic carbocycles. The van der Waals surface area contributed by atoms with Gasteiger partial charge in [-0.3, -0.25) is 14.2 Å². The zero-order valence-corrected chi connectivity index (χ0v) is 11.6. The van der Waals surface area contributed by atoms with Crippen molar-refractivity contribution in [3.63, 3.8) is 0 Å². The smallest absolute Gasteiger partial charge is 0.253 e. The van der Waals surface area contributed by atoms with Crippen LogP contribution in [0.4, 0.5) is 5.69 Å². The monoisotopic (exact) mass is 271 g/mol. The summed E-state index contributed by atoms with van der Waals surface area (Å²) in [7, 11) is 0. The number of para-hydroxylation sites is 1. The Hall–Kier alpha value is -2.43. The number of aryl methyl sites for hydroxylation is 2. The van der Waals surface area contributed by atoms with Crippen LogP contribution >= 0.6 is 0 Å². The molecule has 5 nitrogen and oxygen atoms in total. The Bertz CT molecular complexity index is 677. The highest BCUT2D eigenvalue weighted by Gasteiger charge is 2.07. The van der Waals surface area contributed by atoms with Crippen LogP contribution < -0.4 is 10.9 Å². The van der Waals surface area contributed by atoms with E-state index in [1.165, 1.54) is 17.0 Å². The van der Waals surface area contributed by atoms with Crippen LogP contribution in [0.2, 0.25) is 0 Å². The summed E-state index contributed by atoms with van der Waals surface area (Å²) < 4.78 is 1.29. The highest BCUT2D eigenvalue weighted by atomic mass is 16.2. The summed E-state index contributed by atoms with van der Waals surface area (Å²) in [6.07, 6.45) is 2.23. The molecule has 0 spiro atoms. The van der Waals surface area contributed by atoms with E-state index in [1.54, 1.807) is 6.92 Å². The molecule has 1 amide bonds. The Balaban J connectivity index is 2.11. The predicted octanol–water partition coefficient (Wildman–Crippen LogP) is 1.75. The van der Waals surface area contributed by atoms with Crippen LogP contribution in [0, 0.1) is 6.92 Å². The van der Waals surface area contributed by atoms with Gasteiger partial charge in [-0.15, -0.1) is 0 Å². The fourth-order valence-electron chi connectivity index (χ4n) is 1.93. The van der Waals surface area contributed by atoms with E-state index in [0.29, 0.717) is 5.69 Å². The van der Waals surface area contributed by atoms with E-state index in [0.717, 1.165) is 17.7 Å². The number of rotatable bonds is 4. The first-order valence-electron chi connectivity index (χ1n) is 6.51. The number of benzene rings is 1. The van der Waals surface area contributed by atoms with Gasteiger partial charge < -0.3 is 5.32 Å². The number of nitrogens with one attached hydrogen (secondary N) is 1. The van der Waals surface area contributed by atoms with Crippen molar-refractivity contribution in [2.45, 2.75) is 26.8 Å². The van der Waals surface area contributed by atoms with E-state index in [4.69, 9.17) is 0 Å². The molecule has 1 N–H and O–H groups in total. The van der Waals surface area contributed by atoms with E-state index in [2.05, 4.69) is 10.3 Å². The number of amides is 1. The molecule has 0 bridgehead atoms. The summed E-state index contributed by atoms with van der Waals surface area (Å²) >= 11 is 0. The molecule has 5 heteroatoms. The molecule has 0 fully saturated rings. The highest BCUT2D eigenvalue weighted by Crippen LogP contribution is 2.15. The van der Waals surface area contributed by atoms with Crippen LogP contribution in [0.15, 0.2) is 41.5 Å². The van der Waals surface area contributed by atoms with Crippen molar-refractivity contribution in [2.24, 2.45) is 0 Å². The fourth-order valence-corrected chi connectivity index (χ4v) is 1.93. The third kappa shape index (κ3) is 3.32. The molecule has 20 heavy (non-hydrogen) atoms. The molecule has 0 aliphatic heterocycles. The molecule has 0 radical (unpaired) electrons. The first-order chi connectivity index (χ1) is 9.60. The minimum Gasteiger partial charge on any atom is -0.324 e. The lowest BCUT2D eigenvalue weighted by Gasteiger charge is -2.10. The van der Waals surface area contributed by atoms with Crippen molar-refractivity contribution in [3.05, 3.63) is 58.3 Å². The Morgan fingerprint density at radius 2 is 2.10 bits per heavy atom. The van der Waals surface area contributed by atoms with Crippen LogP contribution in [0.25, 0.3) is 0 Å². The largest absolute Gasteiger partial charge is 0.324 e. The van der Waals surface area contributed by atoms with Gasteiger partial charge in [0.05, 0.1) is 6.33 Å². The van der Waals surface area contributed by atoms with E-state index in [-0.39, 0.29) is 18.0 Å². The number of anilines is 1. The maximum Gasteiger partial charge on any atom is 0.253 e. The Morgan fingerprint density at radius 1 is 1.35 bits per heavy atom. The number of hydrogen-bond donors (Lipinski definition) is 1.